The smallest absolute Gasteiger partial charge is 0.0412 e. The molecule has 1 aromatic carbocycles. The van der Waals surface area contributed by atoms with Crippen molar-refractivity contribution in [2.24, 2.45) is 0 Å². The van der Waals surface area contributed by atoms with Crippen molar-refractivity contribution < 1.29 is 0 Å². The lowest BCUT2D eigenvalue weighted by molar-refractivity contribution is 0.249. The van der Waals surface area contributed by atoms with Gasteiger partial charge >= 0.3 is 0 Å². The summed E-state index contributed by atoms with van der Waals surface area (Å²) < 4.78 is 0. The van der Waals surface area contributed by atoms with E-state index in [9.17, 15) is 0 Å². The quantitative estimate of drug-likeness (QED) is 0.813. The van der Waals surface area contributed by atoms with Gasteiger partial charge in [0, 0.05) is 36.4 Å². The molecule has 4 heteroatoms. The Labute approximate surface area is 134 Å². The molecule has 1 aliphatic heterocycles. The van der Waals surface area contributed by atoms with Crippen LogP contribution in [0, 0.1) is 0 Å². The molecule has 0 radical (unpaired) electrons. The standard InChI is InChI=1S/C17H28ClN3/c1-4-9-19-13-14-12-15(18)5-6-17(14)21-10-7-16(8-11-21)20(2)3/h5-6,12,16,19H,4,7-11,13H2,1-3H3. The van der Waals surface area contributed by atoms with E-state index in [2.05, 4.69) is 48.3 Å². The fourth-order valence-electron chi connectivity index (χ4n) is 3.03. The van der Waals surface area contributed by atoms with E-state index in [-0.39, 0.29) is 0 Å². The van der Waals surface area contributed by atoms with Crippen molar-refractivity contribution in [1.29, 1.82) is 0 Å². The predicted molar refractivity (Wildman–Crippen MR) is 92.4 cm³/mol. The second kappa shape index (κ2) is 8.02. The third-order valence-electron chi connectivity index (χ3n) is 4.32. The van der Waals surface area contributed by atoms with Crippen LogP contribution in [-0.2, 0) is 6.54 Å². The molecule has 1 N–H and O–H groups in total. The van der Waals surface area contributed by atoms with Crippen LogP contribution in [0.1, 0.15) is 31.7 Å². The summed E-state index contributed by atoms with van der Waals surface area (Å²) in [5.41, 5.74) is 2.67. The van der Waals surface area contributed by atoms with Gasteiger partial charge < -0.3 is 15.1 Å². The fourth-order valence-corrected chi connectivity index (χ4v) is 3.22. The first kappa shape index (κ1) is 16.6. The van der Waals surface area contributed by atoms with Crippen molar-refractivity contribution in [1.82, 2.24) is 10.2 Å². The lowest BCUT2D eigenvalue weighted by atomic mass is 10.0. The summed E-state index contributed by atoms with van der Waals surface area (Å²) >= 11 is 6.18. The molecule has 0 unspecified atom stereocenters. The van der Waals surface area contributed by atoms with Crippen LogP contribution in [0.15, 0.2) is 18.2 Å². The third-order valence-corrected chi connectivity index (χ3v) is 4.55. The second-order valence-corrected chi connectivity index (χ2v) is 6.57. The summed E-state index contributed by atoms with van der Waals surface area (Å²) in [5.74, 6) is 0. The van der Waals surface area contributed by atoms with Gasteiger partial charge in [0.1, 0.15) is 0 Å². The van der Waals surface area contributed by atoms with Gasteiger partial charge in [-0.25, -0.2) is 0 Å². The largest absolute Gasteiger partial charge is 0.371 e. The average molecular weight is 310 g/mol. The maximum atomic E-state index is 6.18. The van der Waals surface area contributed by atoms with Crippen molar-refractivity contribution in [2.45, 2.75) is 38.8 Å². The molecule has 1 aromatic rings. The number of anilines is 1. The lowest BCUT2D eigenvalue weighted by Gasteiger charge is -2.37. The molecular formula is C17H28ClN3. The number of benzene rings is 1. The summed E-state index contributed by atoms with van der Waals surface area (Å²) in [6, 6.07) is 7.02. The van der Waals surface area contributed by atoms with Gasteiger partial charge in [0.05, 0.1) is 0 Å². The lowest BCUT2D eigenvalue weighted by Crippen LogP contribution is -2.42. The number of nitrogens with one attached hydrogen (secondary N) is 1. The van der Waals surface area contributed by atoms with Crippen molar-refractivity contribution >= 4 is 17.3 Å². The molecule has 1 saturated heterocycles. The Hall–Kier alpha value is -0.770. The van der Waals surface area contributed by atoms with E-state index in [0.29, 0.717) is 0 Å². The number of halogens is 1. The molecule has 0 amide bonds. The summed E-state index contributed by atoms with van der Waals surface area (Å²) in [6.07, 6.45) is 3.62. The Morgan fingerprint density at radius 3 is 2.62 bits per heavy atom. The van der Waals surface area contributed by atoms with E-state index in [0.717, 1.165) is 43.7 Å². The average Bonchev–Trinajstić information content (AvgIpc) is 2.48. The van der Waals surface area contributed by atoms with Gasteiger partial charge in [-0.3, -0.25) is 0 Å². The van der Waals surface area contributed by atoms with Crippen LogP contribution >= 0.6 is 11.6 Å². The molecule has 1 heterocycles. The van der Waals surface area contributed by atoms with Crippen LogP contribution in [0.25, 0.3) is 0 Å². The van der Waals surface area contributed by atoms with E-state index in [1.165, 1.54) is 24.1 Å². The molecule has 2 rings (SSSR count). The predicted octanol–water partition coefficient (Wildman–Crippen LogP) is 3.37. The van der Waals surface area contributed by atoms with Crippen molar-refractivity contribution in [2.75, 3.05) is 38.6 Å². The van der Waals surface area contributed by atoms with Crippen LogP contribution in [0.2, 0.25) is 5.02 Å². The van der Waals surface area contributed by atoms with Crippen molar-refractivity contribution in [3.05, 3.63) is 28.8 Å². The zero-order valence-electron chi connectivity index (χ0n) is 13.5. The summed E-state index contributed by atoms with van der Waals surface area (Å²) in [7, 11) is 4.37. The Balaban J connectivity index is 2.05. The zero-order chi connectivity index (χ0) is 15.2. The van der Waals surface area contributed by atoms with Gasteiger partial charge in [0.15, 0.2) is 0 Å². The van der Waals surface area contributed by atoms with E-state index in [1.807, 2.05) is 6.07 Å². The first-order valence-corrected chi connectivity index (χ1v) is 8.40. The van der Waals surface area contributed by atoms with Gasteiger partial charge in [-0.15, -0.1) is 0 Å². The van der Waals surface area contributed by atoms with Crippen LogP contribution in [0.5, 0.6) is 0 Å². The number of nitrogens with zero attached hydrogens (tertiary/aromatic N) is 2. The topological polar surface area (TPSA) is 18.5 Å². The van der Waals surface area contributed by atoms with Gasteiger partial charge in [-0.2, -0.15) is 0 Å². The Bertz CT molecular complexity index is 440. The normalized spacial score (nSPS) is 16.7. The first-order valence-electron chi connectivity index (χ1n) is 8.02. The van der Waals surface area contributed by atoms with Gasteiger partial charge in [0.25, 0.3) is 0 Å². The number of piperidine rings is 1. The van der Waals surface area contributed by atoms with E-state index in [4.69, 9.17) is 11.6 Å². The fraction of sp³-hybridized carbons (Fsp3) is 0.647. The van der Waals surface area contributed by atoms with Gasteiger partial charge in [-0.05, 0) is 63.7 Å². The Morgan fingerprint density at radius 1 is 1.29 bits per heavy atom. The van der Waals surface area contributed by atoms with Crippen LogP contribution < -0.4 is 10.2 Å². The third kappa shape index (κ3) is 4.60. The molecule has 0 spiro atoms. The maximum absolute atomic E-state index is 6.18. The highest BCUT2D eigenvalue weighted by molar-refractivity contribution is 6.30. The van der Waals surface area contributed by atoms with E-state index in [1.54, 1.807) is 0 Å². The second-order valence-electron chi connectivity index (χ2n) is 6.13. The highest BCUT2D eigenvalue weighted by Crippen LogP contribution is 2.27. The number of rotatable bonds is 6. The molecule has 0 saturated carbocycles. The molecule has 118 valence electrons. The highest BCUT2D eigenvalue weighted by atomic mass is 35.5. The molecule has 0 aliphatic carbocycles. The summed E-state index contributed by atoms with van der Waals surface area (Å²) in [6.45, 7) is 6.40. The molecule has 0 aromatic heterocycles. The molecule has 0 bridgehead atoms. The van der Waals surface area contributed by atoms with Gasteiger partial charge in [-0.1, -0.05) is 18.5 Å². The zero-order valence-corrected chi connectivity index (χ0v) is 14.3. The Kier molecular flexibility index (Phi) is 6.34. The molecule has 21 heavy (non-hydrogen) atoms. The highest BCUT2D eigenvalue weighted by Gasteiger charge is 2.22. The van der Waals surface area contributed by atoms with E-state index >= 15 is 0 Å². The van der Waals surface area contributed by atoms with Crippen molar-refractivity contribution in [3.8, 4) is 0 Å². The molecule has 1 fully saturated rings. The van der Waals surface area contributed by atoms with E-state index < -0.39 is 0 Å². The first-order chi connectivity index (χ1) is 10.1. The molecular weight excluding hydrogens is 282 g/mol. The molecule has 3 nitrogen and oxygen atoms in total. The monoisotopic (exact) mass is 309 g/mol. The van der Waals surface area contributed by atoms with Crippen LogP contribution in [-0.4, -0.2) is 44.7 Å². The van der Waals surface area contributed by atoms with Crippen molar-refractivity contribution in [3.63, 3.8) is 0 Å². The summed E-state index contributed by atoms with van der Waals surface area (Å²) in [4.78, 5) is 4.86. The van der Waals surface area contributed by atoms with Gasteiger partial charge in [0.2, 0.25) is 0 Å². The summed E-state index contributed by atoms with van der Waals surface area (Å²) in [5, 5.41) is 4.32. The van der Waals surface area contributed by atoms with Crippen LogP contribution in [0.4, 0.5) is 5.69 Å². The minimum Gasteiger partial charge on any atom is -0.371 e. The van der Waals surface area contributed by atoms with Crippen LogP contribution in [0.3, 0.4) is 0 Å². The minimum absolute atomic E-state index is 0.718. The number of hydrogen-bond donors (Lipinski definition) is 1. The SMILES string of the molecule is CCCNCc1cc(Cl)ccc1N1CCC(N(C)C)CC1. The number of hydrogen-bond acceptors (Lipinski definition) is 3. The molecule has 1 aliphatic rings. The Morgan fingerprint density at radius 2 is 2.00 bits per heavy atom. The maximum Gasteiger partial charge on any atom is 0.0412 e. The molecule has 0 atom stereocenters. The minimum atomic E-state index is 0.718.